The molecular weight excluding hydrogens is 535 g/mol. The Balaban J connectivity index is 1.66. The molecule has 0 saturated heterocycles. The van der Waals surface area contributed by atoms with Gasteiger partial charge in [-0.3, -0.25) is 14.7 Å². The number of halogens is 2. The van der Waals surface area contributed by atoms with Gasteiger partial charge in [-0.2, -0.15) is 0 Å². The maximum Gasteiger partial charge on any atom is 0.220 e. The largest absolute Gasteiger partial charge is 0.493 e. The van der Waals surface area contributed by atoms with Crippen LogP contribution in [0.1, 0.15) is 27.8 Å². The number of aryl methyl sites for hydroxylation is 2. The lowest BCUT2D eigenvalue weighted by Gasteiger charge is -2.18. The van der Waals surface area contributed by atoms with Crippen LogP contribution < -0.4 is 9.47 Å². The van der Waals surface area contributed by atoms with E-state index in [1.165, 1.54) is 18.9 Å². The minimum absolute atomic E-state index is 0.182. The van der Waals surface area contributed by atoms with Gasteiger partial charge in [0, 0.05) is 21.2 Å². The zero-order chi connectivity index (χ0) is 26.5. The van der Waals surface area contributed by atoms with Crippen molar-refractivity contribution >= 4 is 35.0 Å². The Morgan fingerprint density at radius 1 is 1.05 bits per heavy atom. The van der Waals surface area contributed by atoms with Crippen LogP contribution >= 0.6 is 35.0 Å². The first-order valence-corrected chi connectivity index (χ1v) is 12.9. The fraction of sp³-hybridized carbons (Fsp3) is 0.231. The molecule has 1 atom stereocenters. The topological polar surface area (TPSA) is 92.3 Å². The molecule has 0 unspecified atom stereocenters. The van der Waals surface area contributed by atoms with Crippen molar-refractivity contribution in [3.05, 3.63) is 103 Å². The molecule has 0 amide bonds. The van der Waals surface area contributed by atoms with E-state index in [2.05, 4.69) is 10.2 Å². The highest BCUT2D eigenvalue weighted by molar-refractivity contribution is 7.99. The first-order chi connectivity index (χ1) is 17.8. The molecule has 8 nitrogen and oxygen atoms in total. The Morgan fingerprint density at radius 2 is 1.84 bits per heavy atom. The molecular formula is C26H24Cl2N4O4S. The zero-order valence-electron chi connectivity index (χ0n) is 20.4. The summed E-state index contributed by atoms with van der Waals surface area (Å²) in [6, 6.07) is 18.6. The maximum absolute atomic E-state index is 11.6. The van der Waals surface area contributed by atoms with Gasteiger partial charge in [0.25, 0.3) is 0 Å². The van der Waals surface area contributed by atoms with E-state index in [1.807, 2.05) is 60.9 Å². The van der Waals surface area contributed by atoms with Crippen molar-refractivity contribution in [3.63, 3.8) is 0 Å². The highest BCUT2D eigenvalue weighted by Crippen LogP contribution is 2.43. The standard InChI is InChI=1S/C26H24Cl2N4O4S/c1-16-7-6-9-20(11-16)32-17(2)29-30-26(32)37-24(14-31(33)34)19-12-22(28)25(23(13-19)35-3)36-15-18-8-4-5-10-21(18)27/h4-13,24H,14-15H2,1-3H3/t24-/m1/s1. The lowest BCUT2D eigenvalue weighted by atomic mass is 10.1. The van der Waals surface area contributed by atoms with Gasteiger partial charge in [0.1, 0.15) is 17.7 Å². The third-order valence-corrected chi connectivity index (χ3v) is 7.40. The predicted molar refractivity (Wildman–Crippen MR) is 145 cm³/mol. The second kappa shape index (κ2) is 11.9. The number of hydrogen-bond acceptors (Lipinski definition) is 7. The number of aromatic nitrogens is 3. The second-order valence-electron chi connectivity index (χ2n) is 8.24. The Morgan fingerprint density at radius 3 is 2.54 bits per heavy atom. The van der Waals surface area contributed by atoms with Crippen LogP contribution in [0.4, 0.5) is 0 Å². The van der Waals surface area contributed by atoms with Gasteiger partial charge in [-0.15, -0.1) is 10.2 Å². The van der Waals surface area contributed by atoms with E-state index in [9.17, 15) is 10.1 Å². The van der Waals surface area contributed by atoms with Crippen LogP contribution in [0.2, 0.25) is 10.0 Å². The second-order valence-corrected chi connectivity index (χ2v) is 10.2. The summed E-state index contributed by atoms with van der Waals surface area (Å²) in [4.78, 5) is 11.3. The normalized spacial score (nSPS) is 11.8. The smallest absolute Gasteiger partial charge is 0.220 e. The molecule has 11 heteroatoms. The van der Waals surface area contributed by atoms with Gasteiger partial charge >= 0.3 is 0 Å². The quantitative estimate of drug-likeness (QED) is 0.119. The van der Waals surface area contributed by atoms with Crippen molar-refractivity contribution in [3.8, 4) is 17.2 Å². The molecule has 4 aromatic rings. The Bertz CT molecular complexity index is 1430. The molecule has 0 N–H and O–H groups in total. The average Bonchev–Trinajstić information content (AvgIpc) is 3.22. The van der Waals surface area contributed by atoms with Crippen LogP contribution in [-0.4, -0.2) is 33.3 Å². The number of hydrogen-bond donors (Lipinski definition) is 0. The summed E-state index contributed by atoms with van der Waals surface area (Å²) in [6.45, 7) is 3.66. The molecule has 0 aliphatic heterocycles. The van der Waals surface area contributed by atoms with E-state index in [0.29, 0.717) is 33.1 Å². The minimum Gasteiger partial charge on any atom is -0.493 e. The van der Waals surface area contributed by atoms with Gasteiger partial charge in [-0.25, -0.2) is 0 Å². The summed E-state index contributed by atoms with van der Waals surface area (Å²) in [5.41, 5.74) is 3.35. The molecule has 0 saturated carbocycles. The van der Waals surface area contributed by atoms with E-state index in [4.69, 9.17) is 32.7 Å². The van der Waals surface area contributed by atoms with Gasteiger partial charge in [0.05, 0.1) is 12.1 Å². The lowest BCUT2D eigenvalue weighted by Crippen LogP contribution is -2.12. The molecule has 4 rings (SSSR count). The fourth-order valence-corrected chi connectivity index (χ4v) is 5.41. The summed E-state index contributed by atoms with van der Waals surface area (Å²) in [5.74, 6) is 1.36. The number of ether oxygens (including phenoxy) is 2. The summed E-state index contributed by atoms with van der Waals surface area (Å²) < 4.78 is 13.4. The molecule has 0 aliphatic carbocycles. The van der Waals surface area contributed by atoms with Gasteiger partial charge in [-0.1, -0.05) is 65.3 Å². The third kappa shape index (κ3) is 6.36. The molecule has 1 aromatic heterocycles. The predicted octanol–water partition coefficient (Wildman–Crippen LogP) is 6.89. The minimum atomic E-state index is -0.619. The number of rotatable bonds is 10. The Hall–Kier alpha value is -3.27. The molecule has 3 aromatic carbocycles. The molecule has 0 spiro atoms. The molecule has 37 heavy (non-hydrogen) atoms. The Labute approximate surface area is 228 Å². The van der Waals surface area contributed by atoms with Crippen LogP contribution in [-0.2, 0) is 6.61 Å². The van der Waals surface area contributed by atoms with Crippen molar-refractivity contribution in [2.45, 2.75) is 30.9 Å². The number of nitro groups is 1. The van der Waals surface area contributed by atoms with Crippen molar-refractivity contribution in [2.75, 3.05) is 13.7 Å². The van der Waals surface area contributed by atoms with Crippen molar-refractivity contribution in [1.82, 2.24) is 14.8 Å². The summed E-state index contributed by atoms with van der Waals surface area (Å²) in [6.07, 6.45) is 0. The molecule has 1 heterocycles. The van der Waals surface area contributed by atoms with E-state index in [-0.39, 0.29) is 23.1 Å². The fourth-order valence-electron chi connectivity index (χ4n) is 3.79. The molecule has 0 radical (unpaired) electrons. The molecule has 0 fully saturated rings. The van der Waals surface area contributed by atoms with E-state index in [0.717, 1.165) is 16.8 Å². The van der Waals surface area contributed by atoms with Crippen LogP contribution in [0.5, 0.6) is 11.5 Å². The van der Waals surface area contributed by atoms with Crippen molar-refractivity contribution in [2.24, 2.45) is 0 Å². The van der Waals surface area contributed by atoms with Crippen molar-refractivity contribution in [1.29, 1.82) is 0 Å². The molecule has 0 aliphatic rings. The Kier molecular flexibility index (Phi) is 8.58. The summed E-state index contributed by atoms with van der Waals surface area (Å²) in [5, 5.41) is 20.9. The number of methoxy groups -OCH3 is 1. The maximum atomic E-state index is 11.6. The van der Waals surface area contributed by atoms with Crippen LogP contribution in [0.25, 0.3) is 5.69 Å². The van der Waals surface area contributed by atoms with Crippen LogP contribution in [0.3, 0.4) is 0 Å². The number of benzene rings is 3. The van der Waals surface area contributed by atoms with E-state index >= 15 is 0 Å². The van der Waals surface area contributed by atoms with Gasteiger partial charge in [-0.05, 0) is 55.3 Å². The zero-order valence-corrected chi connectivity index (χ0v) is 22.7. The molecule has 0 bridgehead atoms. The summed E-state index contributed by atoms with van der Waals surface area (Å²) in [7, 11) is 1.49. The number of thioether (sulfide) groups is 1. The first-order valence-electron chi connectivity index (χ1n) is 11.3. The summed E-state index contributed by atoms with van der Waals surface area (Å²) >= 11 is 14.1. The monoisotopic (exact) mass is 558 g/mol. The van der Waals surface area contributed by atoms with E-state index in [1.54, 1.807) is 18.2 Å². The average molecular weight is 559 g/mol. The highest BCUT2D eigenvalue weighted by atomic mass is 35.5. The lowest BCUT2D eigenvalue weighted by molar-refractivity contribution is -0.479. The van der Waals surface area contributed by atoms with E-state index < -0.39 is 5.25 Å². The number of nitrogens with zero attached hydrogens (tertiary/aromatic N) is 4. The van der Waals surface area contributed by atoms with Crippen LogP contribution in [0, 0.1) is 24.0 Å². The van der Waals surface area contributed by atoms with Gasteiger partial charge < -0.3 is 9.47 Å². The molecule has 192 valence electrons. The third-order valence-electron chi connectivity index (χ3n) is 5.57. The SMILES string of the molecule is COc1cc([C@@H](C[N+](=O)[O-])Sc2nnc(C)n2-c2cccc(C)c2)cc(Cl)c1OCc1ccccc1Cl. The van der Waals surface area contributed by atoms with Crippen molar-refractivity contribution < 1.29 is 14.4 Å². The van der Waals surface area contributed by atoms with Crippen LogP contribution in [0.15, 0.2) is 65.8 Å². The van der Waals surface area contributed by atoms with Gasteiger partial charge in [0.15, 0.2) is 16.7 Å². The highest BCUT2D eigenvalue weighted by Gasteiger charge is 2.26. The first kappa shape index (κ1) is 26.8. The van der Waals surface area contributed by atoms with Gasteiger partial charge in [0.2, 0.25) is 6.54 Å².